The molecular formula is C16H20N4O3. The Morgan fingerprint density at radius 2 is 2.00 bits per heavy atom. The Balaban J connectivity index is 2.15. The zero-order valence-corrected chi connectivity index (χ0v) is 13.2. The van der Waals surface area contributed by atoms with Gasteiger partial charge in [0, 0.05) is 12.1 Å². The smallest absolute Gasteiger partial charge is 0.343 e. The highest BCUT2D eigenvalue weighted by molar-refractivity contribution is 5.95. The Bertz CT molecular complexity index is 692. The highest BCUT2D eigenvalue weighted by Gasteiger charge is 2.16. The Kier molecular flexibility index (Phi) is 5.35. The molecule has 1 aromatic carbocycles. The van der Waals surface area contributed by atoms with E-state index in [9.17, 15) is 9.59 Å². The third-order valence-electron chi connectivity index (χ3n) is 3.40. The molecule has 1 aromatic heterocycles. The number of amides is 1. The molecule has 2 aromatic rings. The number of carbonyl (C=O) groups is 2. The third kappa shape index (κ3) is 3.68. The molecule has 0 unspecified atom stereocenters. The van der Waals surface area contributed by atoms with E-state index in [1.165, 1.54) is 18.0 Å². The van der Waals surface area contributed by atoms with Crippen molar-refractivity contribution in [1.82, 2.24) is 15.1 Å². The molecule has 0 aliphatic carbocycles. The molecule has 7 heteroatoms. The second-order valence-electron chi connectivity index (χ2n) is 5.00. The van der Waals surface area contributed by atoms with Crippen LogP contribution >= 0.6 is 0 Å². The van der Waals surface area contributed by atoms with Gasteiger partial charge in [-0.25, -0.2) is 9.48 Å². The summed E-state index contributed by atoms with van der Waals surface area (Å²) >= 11 is 0. The van der Waals surface area contributed by atoms with Gasteiger partial charge in [-0.05, 0) is 30.7 Å². The van der Waals surface area contributed by atoms with Crippen LogP contribution in [0.1, 0.15) is 40.5 Å². The fraction of sp³-hybridized carbons (Fsp3) is 0.312. The molecule has 0 saturated heterocycles. The minimum atomic E-state index is -0.541. The monoisotopic (exact) mass is 316 g/mol. The number of unbranched alkanes of at least 4 members (excludes halogenated alkanes) is 1. The first-order valence-electron chi connectivity index (χ1n) is 7.39. The summed E-state index contributed by atoms with van der Waals surface area (Å²) < 4.78 is 6.06. The SMILES string of the molecule is CCCCNC(=O)c1ccc(-n2ncc(C(=O)OC)c2N)cc1. The summed E-state index contributed by atoms with van der Waals surface area (Å²) in [5.74, 6) is -0.466. The third-order valence-corrected chi connectivity index (χ3v) is 3.40. The summed E-state index contributed by atoms with van der Waals surface area (Å²) in [4.78, 5) is 23.5. The molecule has 7 nitrogen and oxygen atoms in total. The van der Waals surface area contributed by atoms with Gasteiger partial charge in [0.2, 0.25) is 0 Å². The largest absolute Gasteiger partial charge is 0.465 e. The van der Waals surface area contributed by atoms with Crippen LogP contribution in [0.4, 0.5) is 5.82 Å². The first-order valence-corrected chi connectivity index (χ1v) is 7.39. The Labute approximate surface area is 134 Å². The number of hydrogen-bond donors (Lipinski definition) is 2. The lowest BCUT2D eigenvalue weighted by atomic mass is 10.2. The normalized spacial score (nSPS) is 10.3. The van der Waals surface area contributed by atoms with E-state index in [-0.39, 0.29) is 17.3 Å². The molecule has 0 atom stereocenters. The molecular weight excluding hydrogens is 296 g/mol. The number of carbonyl (C=O) groups excluding carboxylic acids is 2. The standard InChI is InChI=1S/C16H20N4O3/c1-3-4-9-18-15(21)11-5-7-12(8-6-11)20-14(17)13(10-19-20)16(22)23-2/h5-8,10H,3-4,9,17H2,1-2H3,(H,18,21). The average molecular weight is 316 g/mol. The Morgan fingerprint density at radius 3 is 2.61 bits per heavy atom. The summed E-state index contributed by atoms with van der Waals surface area (Å²) in [7, 11) is 1.28. The van der Waals surface area contributed by atoms with Crippen LogP contribution in [0.15, 0.2) is 30.5 Å². The first-order chi connectivity index (χ1) is 11.1. The molecule has 0 fully saturated rings. The van der Waals surface area contributed by atoms with E-state index in [1.807, 2.05) is 0 Å². The lowest BCUT2D eigenvalue weighted by Gasteiger charge is -2.07. The number of nitrogens with two attached hydrogens (primary N) is 1. The van der Waals surface area contributed by atoms with Gasteiger partial charge >= 0.3 is 5.97 Å². The zero-order chi connectivity index (χ0) is 16.8. The van der Waals surface area contributed by atoms with Crippen LogP contribution in [0.2, 0.25) is 0 Å². The Hall–Kier alpha value is -2.83. The quantitative estimate of drug-likeness (QED) is 0.625. The van der Waals surface area contributed by atoms with Crippen LogP contribution in [-0.4, -0.2) is 35.3 Å². The number of aromatic nitrogens is 2. The van der Waals surface area contributed by atoms with Gasteiger partial charge in [0.05, 0.1) is 19.0 Å². The summed E-state index contributed by atoms with van der Waals surface area (Å²) in [6.07, 6.45) is 3.33. The van der Waals surface area contributed by atoms with Gasteiger partial charge in [-0.15, -0.1) is 0 Å². The maximum Gasteiger partial charge on any atom is 0.343 e. The van der Waals surface area contributed by atoms with Crippen molar-refractivity contribution < 1.29 is 14.3 Å². The molecule has 0 aliphatic rings. The number of esters is 1. The predicted molar refractivity (Wildman–Crippen MR) is 86.6 cm³/mol. The highest BCUT2D eigenvalue weighted by atomic mass is 16.5. The van der Waals surface area contributed by atoms with Crippen molar-refractivity contribution in [3.05, 3.63) is 41.6 Å². The van der Waals surface area contributed by atoms with Crippen molar-refractivity contribution >= 4 is 17.7 Å². The van der Waals surface area contributed by atoms with E-state index in [2.05, 4.69) is 22.1 Å². The molecule has 122 valence electrons. The fourth-order valence-corrected chi connectivity index (χ4v) is 2.07. The van der Waals surface area contributed by atoms with E-state index in [4.69, 9.17) is 5.73 Å². The van der Waals surface area contributed by atoms with E-state index < -0.39 is 5.97 Å². The number of rotatable bonds is 6. The maximum absolute atomic E-state index is 11.9. The molecule has 2 rings (SSSR count). The topological polar surface area (TPSA) is 99.2 Å². The van der Waals surface area contributed by atoms with Gasteiger partial charge in [0.15, 0.2) is 0 Å². The van der Waals surface area contributed by atoms with Crippen molar-refractivity contribution in [2.45, 2.75) is 19.8 Å². The number of nitrogen functional groups attached to an aromatic ring is 1. The van der Waals surface area contributed by atoms with E-state index in [0.717, 1.165) is 12.8 Å². The molecule has 0 saturated carbocycles. The predicted octanol–water partition coefficient (Wildman–Crippen LogP) is 1.77. The van der Waals surface area contributed by atoms with Gasteiger partial charge in [-0.2, -0.15) is 5.10 Å². The number of anilines is 1. The van der Waals surface area contributed by atoms with Gasteiger partial charge in [0.25, 0.3) is 5.91 Å². The summed E-state index contributed by atoms with van der Waals surface area (Å²) in [5.41, 5.74) is 7.33. The van der Waals surface area contributed by atoms with Crippen LogP contribution in [0.25, 0.3) is 5.69 Å². The van der Waals surface area contributed by atoms with Crippen molar-refractivity contribution in [3.63, 3.8) is 0 Å². The van der Waals surface area contributed by atoms with Crippen LogP contribution in [0.5, 0.6) is 0 Å². The number of hydrogen-bond acceptors (Lipinski definition) is 5. The molecule has 0 spiro atoms. The van der Waals surface area contributed by atoms with E-state index in [1.54, 1.807) is 24.3 Å². The van der Waals surface area contributed by atoms with E-state index >= 15 is 0 Å². The first kappa shape index (κ1) is 16.5. The van der Waals surface area contributed by atoms with Gasteiger partial charge in [-0.1, -0.05) is 13.3 Å². The maximum atomic E-state index is 11.9. The van der Waals surface area contributed by atoms with Crippen LogP contribution in [0, 0.1) is 0 Å². The second kappa shape index (κ2) is 7.44. The lowest BCUT2D eigenvalue weighted by molar-refractivity contribution is 0.0602. The van der Waals surface area contributed by atoms with Gasteiger partial charge in [-0.3, -0.25) is 4.79 Å². The van der Waals surface area contributed by atoms with Crippen molar-refractivity contribution in [2.75, 3.05) is 19.4 Å². The minimum absolute atomic E-state index is 0.117. The molecule has 3 N–H and O–H groups in total. The number of nitrogens with one attached hydrogen (secondary N) is 1. The number of nitrogens with zero attached hydrogens (tertiary/aromatic N) is 2. The molecule has 0 bridgehead atoms. The van der Waals surface area contributed by atoms with Crippen LogP contribution in [-0.2, 0) is 4.74 Å². The average Bonchev–Trinajstić information content (AvgIpc) is 2.96. The second-order valence-corrected chi connectivity index (χ2v) is 5.00. The molecule has 0 radical (unpaired) electrons. The Morgan fingerprint density at radius 1 is 1.30 bits per heavy atom. The fourth-order valence-electron chi connectivity index (χ4n) is 2.07. The van der Waals surface area contributed by atoms with E-state index in [0.29, 0.717) is 17.8 Å². The van der Waals surface area contributed by atoms with Crippen molar-refractivity contribution in [3.8, 4) is 5.69 Å². The number of methoxy groups -OCH3 is 1. The number of benzene rings is 1. The minimum Gasteiger partial charge on any atom is -0.465 e. The molecule has 1 amide bonds. The summed E-state index contributed by atoms with van der Waals surface area (Å²) in [6.45, 7) is 2.73. The van der Waals surface area contributed by atoms with Gasteiger partial charge in [0.1, 0.15) is 11.4 Å². The van der Waals surface area contributed by atoms with Crippen molar-refractivity contribution in [2.24, 2.45) is 0 Å². The van der Waals surface area contributed by atoms with Gasteiger partial charge < -0.3 is 15.8 Å². The lowest BCUT2D eigenvalue weighted by Crippen LogP contribution is -2.24. The van der Waals surface area contributed by atoms with Crippen LogP contribution < -0.4 is 11.1 Å². The molecule has 0 aliphatic heterocycles. The molecule has 1 heterocycles. The highest BCUT2D eigenvalue weighted by Crippen LogP contribution is 2.18. The number of ether oxygens (including phenoxy) is 1. The van der Waals surface area contributed by atoms with Crippen LogP contribution in [0.3, 0.4) is 0 Å². The summed E-state index contributed by atoms with van der Waals surface area (Å²) in [5, 5.41) is 6.93. The summed E-state index contributed by atoms with van der Waals surface area (Å²) in [6, 6.07) is 6.82. The molecule has 23 heavy (non-hydrogen) atoms. The zero-order valence-electron chi connectivity index (χ0n) is 13.2. The van der Waals surface area contributed by atoms with Crippen molar-refractivity contribution in [1.29, 1.82) is 0 Å².